The van der Waals surface area contributed by atoms with Crippen molar-refractivity contribution < 1.29 is 4.79 Å². The fourth-order valence-corrected chi connectivity index (χ4v) is 5.63. The third-order valence-electron chi connectivity index (χ3n) is 3.24. The molecule has 0 spiro atoms. The summed E-state index contributed by atoms with van der Waals surface area (Å²) in [7, 11) is 3.30. The van der Waals surface area contributed by atoms with Gasteiger partial charge in [0.15, 0.2) is 0 Å². The van der Waals surface area contributed by atoms with Gasteiger partial charge in [0.1, 0.15) is 3.82 Å². The molecule has 0 radical (unpaired) electrons. The van der Waals surface area contributed by atoms with Gasteiger partial charge in [0, 0.05) is 11.1 Å². The number of fused-ring (bicyclic) bond motifs is 3. The fraction of sp³-hybridized carbons (Fsp3) is 0.231. The van der Waals surface area contributed by atoms with E-state index in [4.69, 9.17) is 18.0 Å². The molecule has 0 saturated carbocycles. The summed E-state index contributed by atoms with van der Waals surface area (Å²) in [4.78, 5) is 12.8. The zero-order valence-electron chi connectivity index (χ0n) is 10.4. The number of carbonyl (C=O) groups excluding carboxylic acids is 1. The van der Waals surface area contributed by atoms with E-state index in [1.165, 1.54) is 4.88 Å². The molecule has 0 aliphatic carbocycles. The van der Waals surface area contributed by atoms with Crippen molar-refractivity contribution in [2.45, 2.75) is 19.4 Å². The van der Waals surface area contributed by atoms with Gasteiger partial charge in [-0.25, -0.2) is 0 Å². The van der Waals surface area contributed by atoms with Crippen LogP contribution in [0.5, 0.6) is 0 Å². The second-order valence-corrected chi connectivity index (χ2v) is 7.82. The highest BCUT2D eigenvalue weighted by atomic mass is 32.9. The molecule has 0 atom stereocenters. The predicted molar refractivity (Wildman–Crippen MR) is 83.6 cm³/mol. The highest BCUT2D eigenvalue weighted by Crippen LogP contribution is 2.49. The number of nitrogens with two attached hydrogens (primary N) is 1. The van der Waals surface area contributed by atoms with Gasteiger partial charge in [0.05, 0.1) is 21.7 Å². The molecule has 3 N–H and O–H groups in total. The Morgan fingerprint density at radius 3 is 2.79 bits per heavy atom. The number of rotatable bonds is 1. The molecule has 1 aliphatic heterocycles. The predicted octanol–water partition coefficient (Wildman–Crippen LogP) is 3.97. The number of benzene rings is 1. The number of para-hydroxylation sites is 1. The highest BCUT2D eigenvalue weighted by Gasteiger charge is 2.34. The molecule has 3 rings (SSSR count). The Bertz CT molecular complexity index is 743. The maximum Gasteiger partial charge on any atom is 0.250 e. The van der Waals surface area contributed by atoms with E-state index in [0.29, 0.717) is 5.56 Å². The van der Waals surface area contributed by atoms with E-state index in [1.807, 2.05) is 12.1 Å². The lowest BCUT2D eigenvalue weighted by molar-refractivity contribution is 0.100. The lowest BCUT2D eigenvalue weighted by Gasteiger charge is -2.34. The van der Waals surface area contributed by atoms with E-state index in [0.717, 1.165) is 20.6 Å². The Balaban J connectivity index is 2.40. The average molecular weight is 308 g/mol. The Morgan fingerprint density at radius 2 is 2.11 bits per heavy atom. The molecule has 1 aromatic carbocycles. The first-order valence-corrected chi connectivity index (χ1v) is 8.32. The molecule has 2 heterocycles. The standard InChI is InChI=1S/C13H12N2OS3/c1-13(2)10-8(12(17)19-18-10)6-4-3-5-7(11(14)16)9(6)15-13/h3-5,15H,1-2H3,(H2,14,16). The van der Waals surface area contributed by atoms with E-state index in [2.05, 4.69) is 19.2 Å². The van der Waals surface area contributed by atoms with E-state index < -0.39 is 5.91 Å². The van der Waals surface area contributed by atoms with Crippen LogP contribution in [-0.4, -0.2) is 5.91 Å². The van der Waals surface area contributed by atoms with Crippen LogP contribution in [0.15, 0.2) is 18.2 Å². The largest absolute Gasteiger partial charge is 0.374 e. The molecule has 1 amide bonds. The van der Waals surface area contributed by atoms with Crippen molar-refractivity contribution in [3.63, 3.8) is 0 Å². The van der Waals surface area contributed by atoms with Gasteiger partial charge in [-0.05, 0) is 19.9 Å². The third-order valence-corrected chi connectivity index (χ3v) is 6.58. The summed E-state index contributed by atoms with van der Waals surface area (Å²) in [5, 5.41) is 3.43. The molecule has 6 heteroatoms. The molecule has 19 heavy (non-hydrogen) atoms. The van der Waals surface area contributed by atoms with Crippen LogP contribution in [0.4, 0.5) is 5.69 Å². The Labute approximate surface area is 123 Å². The number of hydrogen-bond donors (Lipinski definition) is 2. The summed E-state index contributed by atoms with van der Waals surface area (Å²) >= 11 is 5.44. The maximum atomic E-state index is 11.6. The van der Waals surface area contributed by atoms with Crippen LogP contribution in [0.1, 0.15) is 29.1 Å². The van der Waals surface area contributed by atoms with Crippen molar-refractivity contribution >= 4 is 44.5 Å². The summed E-state index contributed by atoms with van der Waals surface area (Å²) in [6.45, 7) is 4.18. The van der Waals surface area contributed by atoms with Crippen LogP contribution in [0.25, 0.3) is 11.1 Å². The van der Waals surface area contributed by atoms with E-state index in [1.54, 1.807) is 26.7 Å². The van der Waals surface area contributed by atoms with Crippen LogP contribution >= 0.6 is 32.9 Å². The van der Waals surface area contributed by atoms with E-state index in [-0.39, 0.29) is 5.54 Å². The molecule has 1 aromatic heterocycles. The van der Waals surface area contributed by atoms with E-state index >= 15 is 0 Å². The highest BCUT2D eigenvalue weighted by molar-refractivity contribution is 7.80. The number of hydrogen-bond acceptors (Lipinski definition) is 5. The van der Waals surface area contributed by atoms with Gasteiger partial charge >= 0.3 is 0 Å². The number of nitrogens with one attached hydrogen (secondary N) is 1. The first-order chi connectivity index (χ1) is 8.92. The normalized spacial score (nSPS) is 15.3. The van der Waals surface area contributed by atoms with Gasteiger partial charge < -0.3 is 11.1 Å². The number of amides is 1. The minimum atomic E-state index is -0.423. The number of primary amides is 1. The number of anilines is 1. The Kier molecular flexibility index (Phi) is 2.78. The minimum Gasteiger partial charge on any atom is -0.374 e. The van der Waals surface area contributed by atoms with Crippen LogP contribution in [0.3, 0.4) is 0 Å². The topological polar surface area (TPSA) is 55.1 Å². The molecule has 1 aliphatic rings. The Morgan fingerprint density at radius 1 is 1.37 bits per heavy atom. The van der Waals surface area contributed by atoms with Crippen molar-refractivity contribution in [2.24, 2.45) is 5.73 Å². The minimum absolute atomic E-state index is 0.244. The Hall–Kier alpha value is -1.24. The average Bonchev–Trinajstić information content (AvgIpc) is 2.71. The van der Waals surface area contributed by atoms with Crippen LogP contribution in [0.2, 0.25) is 0 Å². The first-order valence-electron chi connectivity index (χ1n) is 5.77. The summed E-state index contributed by atoms with van der Waals surface area (Å²) in [5.41, 5.74) is 8.58. The summed E-state index contributed by atoms with van der Waals surface area (Å²) in [6.07, 6.45) is 0. The second kappa shape index (κ2) is 4.13. The molecule has 0 saturated heterocycles. The third kappa shape index (κ3) is 1.82. The molecular formula is C13H12N2OS3. The van der Waals surface area contributed by atoms with Crippen molar-refractivity contribution in [1.29, 1.82) is 0 Å². The lowest BCUT2D eigenvalue weighted by atomic mass is 9.88. The maximum absolute atomic E-state index is 11.6. The molecule has 2 aromatic rings. The summed E-state index contributed by atoms with van der Waals surface area (Å²) in [5.74, 6) is -0.423. The smallest absolute Gasteiger partial charge is 0.250 e. The van der Waals surface area contributed by atoms with Gasteiger partial charge in [0.25, 0.3) is 5.91 Å². The van der Waals surface area contributed by atoms with Gasteiger partial charge in [-0.2, -0.15) is 0 Å². The van der Waals surface area contributed by atoms with Gasteiger partial charge in [-0.15, -0.1) is 0 Å². The van der Waals surface area contributed by atoms with Crippen LogP contribution in [0, 0.1) is 3.82 Å². The zero-order chi connectivity index (χ0) is 13.8. The SMILES string of the molecule is CC1(C)Nc2c(C(N)=O)cccc2-c2c1ssc2=S. The zero-order valence-corrected chi connectivity index (χ0v) is 12.9. The van der Waals surface area contributed by atoms with Crippen LogP contribution < -0.4 is 11.1 Å². The lowest BCUT2D eigenvalue weighted by Crippen LogP contribution is -2.32. The van der Waals surface area contributed by atoms with Gasteiger partial charge in [-0.3, -0.25) is 4.79 Å². The molecule has 3 nitrogen and oxygen atoms in total. The molecule has 0 unspecified atom stereocenters. The molecule has 0 bridgehead atoms. The molecule has 0 fully saturated rings. The van der Waals surface area contributed by atoms with Gasteiger partial charge in [-0.1, -0.05) is 45.0 Å². The van der Waals surface area contributed by atoms with Gasteiger partial charge in [0.2, 0.25) is 0 Å². The fourth-order valence-electron chi connectivity index (χ4n) is 2.37. The van der Waals surface area contributed by atoms with Crippen molar-refractivity contribution in [2.75, 3.05) is 5.32 Å². The quantitative estimate of drug-likeness (QED) is 0.619. The number of carbonyl (C=O) groups is 1. The molecule has 98 valence electrons. The second-order valence-electron chi connectivity index (χ2n) is 5.00. The van der Waals surface area contributed by atoms with Crippen molar-refractivity contribution in [3.8, 4) is 11.1 Å². The monoisotopic (exact) mass is 308 g/mol. The van der Waals surface area contributed by atoms with Crippen molar-refractivity contribution in [3.05, 3.63) is 32.5 Å². The van der Waals surface area contributed by atoms with Crippen molar-refractivity contribution in [1.82, 2.24) is 0 Å². The van der Waals surface area contributed by atoms with E-state index in [9.17, 15) is 4.79 Å². The first kappa shape index (κ1) is 12.8. The molecular weight excluding hydrogens is 296 g/mol. The van der Waals surface area contributed by atoms with Crippen LogP contribution in [-0.2, 0) is 5.54 Å². The summed E-state index contributed by atoms with van der Waals surface area (Å²) in [6, 6.07) is 5.58. The summed E-state index contributed by atoms with van der Waals surface area (Å²) < 4.78 is 0.873.